The molecule has 0 spiro atoms. The number of ketones is 1. The summed E-state index contributed by atoms with van der Waals surface area (Å²) >= 11 is 0. The summed E-state index contributed by atoms with van der Waals surface area (Å²) in [5, 5.41) is 10.4. The molecule has 130 valence electrons. The van der Waals surface area contributed by atoms with Gasteiger partial charge >= 0.3 is 0 Å². The molecule has 1 N–H and O–H groups in total. The lowest BCUT2D eigenvalue weighted by atomic mass is 10.1. The van der Waals surface area contributed by atoms with E-state index >= 15 is 0 Å². The van der Waals surface area contributed by atoms with Gasteiger partial charge in [-0.05, 0) is 31.2 Å². The van der Waals surface area contributed by atoms with Crippen LogP contribution < -0.4 is 4.74 Å². The van der Waals surface area contributed by atoms with E-state index in [9.17, 15) is 9.90 Å². The van der Waals surface area contributed by atoms with Crippen LogP contribution in [0.15, 0.2) is 48.5 Å². The highest BCUT2D eigenvalue weighted by atomic mass is 16.5. The van der Waals surface area contributed by atoms with Gasteiger partial charge in [0.2, 0.25) is 0 Å². The van der Waals surface area contributed by atoms with Crippen LogP contribution in [0.3, 0.4) is 0 Å². The molecule has 1 unspecified atom stereocenters. The van der Waals surface area contributed by atoms with Crippen LogP contribution in [0.1, 0.15) is 30.0 Å². The minimum atomic E-state index is -0.706. The maximum absolute atomic E-state index is 11.6. The first kappa shape index (κ1) is 17.2. The number of para-hydroxylation sites is 3. The molecule has 0 aliphatic heterocycles. The number of aliphatic hydroxyl groups is 1. The molecule has 0 fully saturated rings. The maximum Gasteiger partial charge on any atom is 0.163 e. The zero-order valence-electron chi connectivity index (χ0n) is 14.5. The highest BCUT2D eigenvalue weighted by Gasteiger charge is 2.15. The van der Waals surface area contributed by atoms with Gasteiger partial charge < -0.3 is 14.4 Å². The number of rotatable bonds is 7. The van der Waals surface area contributed by atoms with E-state index in [-0.39, 0.29) is 12.4 Å². The largest absolute Gasteiger partial charge is 0.490 e. The van der Waals surface area contributed by atoms with Crippen LogP contribution in [-0.4, -0.2) is 33.2 Å². The molecule has 0 saturated heterocycles. The van der Waals surface area contributed by atoms with Crippen LogP contribution in [0, 0.1) is 0 Å². The zero-order chi connectivity index (χ0) is 17.8. The van der Waals surface area contributed by atoms with Crippen LogP contribution in [-0.2, 0) is 13.0 Å². The number of ether oxygens (including phenoxy) is 1. The molecule has 5 heteroatoms. The number of aliphatic hydroxyl groups excluding tert-OH is 1. The maximum atomic E-state index is 11.6. The van der Waals surface area contributed by atoms with Crippen molar-refractivity contribution in [3.8, 4) is 5.75 Å². The first-order valence-corrected chi connectivity index (χ1v) is 8.45. The van der Waals surface area contributed by atoms with Crippen LogP contribution in [0.25, 0.3) is 11.0 Å². The second-order valence-corrected chi connectivity index (χ2v) is 6.00. The van der Waals surface area contributed by atoms with Crippen molar-refractivity contribution in [3.63, 3.8) is 0 Å². The Hall–Kier alpha value is -2.66. The number of carbonyl (C=O) groups excluding carboxylic acids is 1. The Kier molecular flexibility index (Phi) is 5.14. The van der Waals surface area contributed by atoms with Crippen molar-refractivity contribution in [2.45, 2.75) is 32.9 Å². The summed E-state index contributed by atoms with van der Waals surface area (Å²) in [7, 11) is 0. The summed E-state index contributed by atoms with van der Waals surface area (Å²) < 4.78 is 7.72. The summed E-state index contributed by atoms with van der Waals surface area (Å²) in [6.45, 7) is 4.05. The van der Waals surface area contributed by atoms with Gasteiger partial charge in [0, 0.05) is 6.42 Å². The van der Waals surface area contributed by atoms with Gasteiger partial charge in [-0.3, -0.25) is 4.79 Å². The van der Waals surface area contributed by atoms with Crippen molar-refractivity contribution >= 4 is 16.8 Å². The summed E-state index contributed by atoms with van der Waals surface area (Å²) in [6, 6.07) is 15.0. The van der Waals surface area contributed by atoms with E-state index in [2.05, 4.69) is 4.98 Å². The van der Waals surface area contributed by atoms with Crippen molar-refractivity contribution in [2.75, 3.05) is 6.61 Å². The molecule has 0 saturated carbocycles. The highest BCUT2D eigenvalue weighted by molar-refractivity contribution is 5.96. The Morgan fingerprint density at radius 1 is 1.20 bits per heavy atom. The Labute approximate surface area is 146 Å². The molecule has 3 rings (SSSR count). The van der Waals surface area contributed by atoms with Crippen LogP contribution in [0.2, 0.25) is 0 Å². The van der Waals surface area contributed by atoms with Crippen molar-refractivity contribution in [3.05, 3.63) is 59.9 Å². The molecule has 0 amide bonds. The second kappa shape index (κ2) is 7.49. The van der Waals surface area contributed by atoms with E-state index in [1.165, 1.54) is 6.92 Å². The average Bonchev–Trinajstić information content (AvgIpc) is 2.98. The number of aryl methyl sites for hydroxylation is 1. The summed E-state index contributed by atoms with van der Waals surface area (Å²) in [5.41, 5.74) is 2.45. The van der Waals surface area contributed by atoms with E-state index in [0.717, 1.165) is 23.3 Å². The number of aromatic nitrogens is 2. The Morgan fingerprint density at radius 2 is 1.92 bits per heavy atom. The molecule has 0 aliphatic rings. The number of hydrogen-bond donors (Lipinski definition) is 1. The van der Waals surface area contributed by atoms with Gasteiger partial charge in [-0.25, -0.2) is 4.98 Å². The quantitative estimate of drug-likeness (QED) is 0.672. The number of nitrogens with zero attached hydrogens (tertiary/aromatic N) is 2. The fraction of sp³-hybridized carbons (Fsp3) is 0.300. The number of carbonyl (C=O) groups is 1. The molecule has 1 atom stereocenters. The van der Waals surface area contributed by atoms with Gasteiger partial charge in [-0.1, -0.05) is 31.2 Å². The van der Waals surface area contributed by atoms with Gasteiger partial charge in [0.15, 0.2) is 5.78 Å². The molecule has 2 aromatic carbocycles. The minimum Gasteiger partial charge on any atom is -0.490 e. The molecular weight excluding hydrogens is 316 g/mol. The standard InChI is InChI=1S/C20H22N2O3/c1-3-20-21-17-9-5-6-10-18(17)22(20)12-15(24)13-25-19-11-7-4-8-16(19)14(2)23/h4-11,15,24H,3,12-13H2,1-2H3. The van der Waals surface area contributed by atoms with Crippen molar-refractivity contribution in [1.29, 1.82) is 0 Å². The van der Waals surface area contributed by atoms with Gasteiger partial charge in [-0.15, -0.1) is 0 Å². The Bertz CT molecular complexity index is 886. The molecule has 5 nitrogen and oxygen atoms in total. The van der Waals surface area contributed by atoms with Gasteiger partial charge in [0.1, 0.15) is 24.3 Å². The molecule has 1 aromatic heterocycles. The van der Waals surface area contributed by atoms with Gasteiger partial charge in [0.05, 0.1) is 23.1 Å². The monoisotopic (exact) mass is 338 g/mol. The predicted molar refractivity (Wildman–Crippen MR) is 97.1 cm³/mol. The third-order valence-electron chi connectivity index (χ3n) is 4.14. The lowest BCUT2D eigenvalue weighted by Crippen LogP contribution is -2.25. The van der Waals surface area contributed by atoms with Crippen LogP contribution in [0.5, 0.6) is 5.75 Å². The minimum absolute atomic E-state index is 0.0565. The number of benzene rings is 2. The summed E-state index contributed by atoms with van der Waals surface area (Å²) in [5.74, 6) is 1.38. The average molecular weight is 338 g/mol. The van der Waals surface area contributed by atoms with Crippen LogP contribution >= 0.6 is 0 Å². The normalized spacial score (nSPS) is 12.3. The van der Waals surface area contributed by atoms with Gasteiger partial charge in [0.25, 0.3) is 0 Å². The molecule has 3 aromatic rings. The van der Waals surface area contributed by atoms with E-state index < -0.39 is 6.10 Å². The third kappa shape index (κ3) is 3.72. The lowest BCUT2D eigenvalue weighted by Gasteiger charge is -2.16. The number of hydrogen-bond acceptors (Lipinski definition) is 4. The Balaban J connectivity index is 1.74. The molecule has 0 aliphatic carbocycles. The van der Waals surface area contributed by atoms with Crippen LogP contribution in [0.4, 0.5) is 0 Å². The van der Waals surface area contributed by atoms with Gasteiger partial charge in [-0.2, -0.15) is 0 Å². The van der Waals surface area contributed by atoms with Crippen molar-refractivity contribution in [1.82, 2.24) is 9.55 Å². The highest BCUT2D eigenvalue weighted by Crippen LogP contribution is 2.20. The second-order valence-electron chi connectivity index (χ2n) is 6.00. The lowest BCUT2D eigenvalue weighted by molar-refractivity contribution is 0.0899. The number of imidazole rings is 1. The molecular formula is C20H22N2O3. The fourth-order valence-corrected chi connectivity index (χ4v) is 2.93. The topological polar surface area (TPSA) is 64.3 Å². The third-order valence-corrected chi connectivity index (χ3v) is 4.14. The molecule has 0 radical (unpaired) electrons. The smallest absolute Gasteiger partial charge is 0.163 e. The predicted octanol–water partition coefficient (Wildman–Crippen LogP) is 3.24. The first-order chi connectivity index (χ1) is 12.1. The first-order valence-electron chi connectivity index (χ1n) is 8.45. The molecule has 25 heavy (non-hydrogen) atoms. The molecule has 0 bridgehead atoms. The van der Waals surface area contributed by atoms with Crippen molar-refractivity contribution in [2.24, 2.45) is 0 Å². The summed E-state index contributed by atoms with van der Waals surface area (Å²) in [6.07, 6.45) is 0.0815. The zero-order valence-corrected chi connectivity index (χ0v) is 14.5. The number of fused-ring (bicyclic) bond motifs is 1. The van der Waals surface area contributed by atoms with E-state index in [1.54, 1.807) is 18.2 Å². The van der Waals surface area contributed by atoms with E-state index in [0.29, 0.717) is 17.9 Å². The number of Topliss-reactive ketones (excluding diaryl/α,β-unsaturated/α-hetero) is 1. The SMILES string of the molecule is CCc1nc2ccccc2n1CC(O)COc1ccccc1C(C)=O. The Morgan fingerprint density at radius 3 is 2.68 bits per heavy atom. The van der Waals surface area contributed by atoms with E-state index in [1.807, 2.05) is 41.8 Å². The fourth-order valence-electron chi connectivity index (χ4n) is 2.93. The molecule has 1 heterocycles. The van der Waals surface area contributed by atoms with E-state index in [4.69, 9.17) is 4.74 Å². The van der Waals surface area contributed by atoms with Crippen molar-refractivity contribution < 1.29 is 14.6 Å². The summed E-state index contributed by atoms with van der Waals surface area (Å²) in [4.78, 5) is 16.2.